The first-order valence-electron chi connectivity index (χ1n) is 9.87. The molecular formula is C22H21ClFN3O5. The van der Waals surface area contributed by atoms with E-state index in [2.05, 4.69) is 10.4 Å². The molecule has 0 bridgehead atoms. The zero-order valence-corrected chi connectivity index (χ0v) is 17.9. The smallest absolute Gasteiger partial charge is 0.256 e. The minimum Gasteiger partial charge on any atom is -0.491 e. The molecule has 1 aromatic heterocycles. The highest BCUT2D eigenvalue weighted by molar-refractivity contribution is 6.33. The van der Waals surface area contributed by atoms with Gasteiger partial charge in [-0.1, -0.05) is 23.7 Å². The van der Waals surface area contributed by atoms with Crippen molar-refractivity contribution in [3.8, 4) is 17.2 Å². The fourth-order valence-electron chi connectivity index (χ4n) is 3.20. The number of benzene rings is 2. The average molecular weight is 462 g/mol. The summed E-state index contributed by atoms with van der Waals surface area (Å²) in [7, 11) is 0. The van der Waals surface area contributed by atoms with Crippen molar-refractivity contribution in [3.05, 3.63) is 70.3 Å². The van der Waals surface area contributed by atoms with Crippen LogP contribution in [0.5, 0.6) is 17.2 Å². The highest BCUT2D eigenvalue weighted by Gasteiger charge is 2.21. The second kappa shape index (κ2) is 9.46. The first-order valence-corrected chi connectivity index (χ1v) is 10.2. The molecule has 2 aromatic carbocycles. The Balaban J connectivity index is 1.31. The minimum absolute atomic E-state index is 0.0313. The van der Waals surface area contributed by atoms with Crippen molar-refractivity contribution in [2.24, 2.45) is 0 Å². The normalized spacial score (nSPS) is 13.1. The summed E-state index contributed by atoms with van der Waals surface area (Å²) in [6.07, 6.45) is -0.947. The van der Waals surface area contributed by atoms with E-state index in [1.165, 1.54) is 16.8 Å². The number of aromatic nitrogens is 2. The van der Waals surface area contributed by atoms with Crippen molar-refractivity contribution in [2.75, 3.05) is 19.9 Å². The summed E-state index contributed by atoms with van der Waals surface area (Å²) < 4.78 is 30.6. The van der Waals surface area contributed by atoms with E-state index >= 15 is 0 Å². The Morgan fingerprint density at radius 3 is 2.81 bits per heavy atom. The molecule has 1 unspecified atom stereocenters. The number of amides is 1. The Morgan fingerprint density at radius 2 is 2.03 bits per heavy atom. The van der Waals surface area contributed by atoms with Crippen LogP contribution in [0.3, 0.4) is 0 Å². The number of hydrogen-bond acceptors (Lipinski definition) is 6. The highest BCUT2D eigenvalue weighted by atomic mass is 35.5. The number of rotatable bonds is 8. The maximum atomic E-state index is 13.1. The van der Waals surface area contributed by atoms with E-state index in [0.29, 0.717) is 29.5 Å². The van der Waals surface area contributed by atoms with Crippen LogP contribution in [0.15, 0.2) is 42.5 Å². The van der Waals surface area contributed by atoms with Gasteiger partial charge in [0.25, 0.3) is 5.91 Å². The molecule has 32 heavy (non-hydrogen) atoms. The summed E-state index contributed by atoms with van der Waals surface area (Å²) in [5, 5.41) is 17.3. The molecular weight excluding hydrogens is 441 g/mol. The predicted octanol–water partition coefficient (Wildman–Crippen LogP) is 2.93. The lowest BCUT2D eigenvalue weighted by Crippen LogP contribution is -2.35. The zero-order chi connectivity index (χ0) is 22.7. The molecule has 0 saturated carbocycles. The Kier molecular flexibility index (Phi) is 6.48. The molecule has 0 aliphatic carbocycles. The molecule has 168 valence electrons. The number of nitrogens with zero attached hydrogens (tertiary/aromatic N) is 2. The molecule has 0 spiro atoms. The highest BCUT2D eigenvalue weighted by Crippen LogP contribution is 2.35. The number of ether oxygens (including phenoxy) is 3. The van der Waals surface area contributed by atoms with Gasteiger partial charge >= 0.3 is 0 Å². The van der Waals surface area contributed by atoms with Crippen LogP contribution < -0.4 is 19.5 Å². The largest absolute Gasteiger partial charge is 0.491 e. The molecule has 0 saturated heterocycles. The van der Waals surface area contributed by atoms with E-state index in [4.69, 9.17) is 25.8 Å². The van der Waals surface area contributed by atoms with Crippen LogP contribution in [-0.4, -0.2) is 46.8 Å². The first kappa shape index (κ1) is 21.9. The number of hydrogen-bond donors (Lipinski definition) is 2. The number of halogens is 2. The van der Waals surface area contributed by atoms with Gasteiger partial charge in [-0.2, -0.15) is 5.10 Å². The fraction of sp³-hybridized carbons (Fsp3) is 0.273. The van der Waals surface area contributed by atoms with Gasteiger partial charge in [0, 0.05) is 12.6 Å². The van der Waals surface area contributed by atoms with Crippen molar-refractivity contribution in [1.29, 1.82) is 0 Å². The van der Waals surface area contributed by atoms with Crippen molar-refractivity contribution < 1.29 is 28.5 Å². The molecule has 1 aliphatic heterocycles. The van der Waals surface area contributed by atoms with Crippen LogP contribution in [0.1, 0.15) is 21.6 Å². The van der Waals surface area contributed by atoms with E-state index in [0.717, 1.165) is 5.56 Å². The second-order valence-corrected chi connectivity index (χ2v) is 7.58. The number of fused-ring (bicyclic) bond motifs is 1. The quantitative estimate of drug-likeness (QED) is 0.535. The van der Waals surface area contributed by atoms with Gasteiger partial charge in [0.15, 0.2) is 11.5 Å². The standard InChI is InChI=1S/C22H21ClFN3O5/c1-13-20(21(23)27(26-13)10-14-2-4-15(24)5-3-14)22(29)25-9-16(28)11-30-17-6-7-18-19(8-17)32-12-31-18/h2-8,16,28H,9-12H2,1H3,(H,25,29). The Bertz CT molecular complexity index is 1120. The van der Waals surface area contributed by atoms with Gasteiger partial charge in [0.05, 0.1) is 17.8 Å². The van der Waals surface area contributed by atoms with Crippen LogP contribution in [0.4, 0.5) is 4.39 Å². The maximum Gasteiger partial charge on any atom is 0.256 e. The first-order chi connectivity index (χ1) is 15.4. The number of carbonyl (C=O) groups excluding carboxylic acids is 1. The summed E-state index contributed by atoms with van der Waals surface area (Å²) in [4.78, 5) is 12.6. The molecule has 3 aromatic rings. The van der Waals surface area contributed by atoms with E-state index in [1.54, 1.807) is 37.3 Å². The Hall–Kier alpha value is -3.30. The molecule has 0 fully saturated rings. The topological polar surface area (TPSA) is 94.8 Å². The monoisotopic (exact) mass is 461 g/mol. The number of nitrogens with one attached hydrogen (secondary N) is 1. The number of aryl methyl sites for hydroxylation is 1. The minimum atomic E-state index is -0.947. The van der Waals surface area contributed by atoms with Crippen LogP contribution in [0.2, 0.25) is 5.15 Å². The van der Waals surface area contributed by atoms with Crippen LogP contribution >= 0.6 is 11.6 Å². The third-order valence-electron chi connectivity index (χ3n) is 4.82. The van der Waals surface area contributed by atoms with Gasteiger partial charge in [-0.3, -0.25) is 4.79 Å². The van der Waals surface area contributed by atoms with Crippen molar-refractivity contribution >= 4 is 17.5 Å². The lowest BCUT2D eigenvalue weighted by molar-refractivity contribution is 0.0843. The van der Waals surface area contributed by atoms with Gasteiger partial charge in [0.2, 0.25) is 6.79 Å². The maximum absolute atomic E-state index is 13.1. The zero-order valence-electron chi connectivity index (χ0n) is 17.2. The molecule has 1 aliphatic rings. The lowest BCUT2D eigenvalue weighted by Gasteiger charge is -2.13. The molecule has 2 heterocycles. The molecule has 1 amide bonds. The van der Waals surface area contributed by atoms with Crippen LogP contribution in [0, 0.1) is 12.7 Å². The third kappa shape index (κ3) is 4.95. The van der Waals surface area contributed by atoms with Gasteiger partial charge in [-0.15, -0.1) is 0 Å². The molecule has 2 N–H and O–H groups in total. The summed E-state index contributed by atoms with van der Waals surface area (Å²) >= 11 is 6.36. The van der Waals surface area contributed by atoms with Crippen molar-refractivity contribution in [1.82, 2.24) is 15.1 Å². The van der Waals surface area contributed by atoms with Gasteiger partial charge in [0.1, 0.15) is 29.4 Å². The van der Waals surface area contributed by atoms with E-state index in [9.17, 15) is 14.3 Å². The average Bonchev–Trinajstić information content (AvgIpc) is 3.35. The molecule has 0 radical (unpaired) electrons. The van der Waals surface area contributed by atoms with E-state index < -0.39 is 12.0 Å². The lowest BCUT2D eigenvalue weighted by atomic mass is 10.2. The van der Waals surface area contributed by atoms with Gasteiger partial charge < -0.3 is 24.6 Å². The summed E-state index contributed by atoms with van der Waals surface area (Å²) in [6.45, 7) is 2.05. The summed E-state index contributed by atoms with van der Waals surface area (Å²) in [5.41, 5.74) is 1.46. The second-order valence-electron chi connectivity index (χ2n) is 7.23. The molecule has 8 nitrogen and oxygen atoms in total. The summed E-state index contributed by atoms with van der Waals surface area (Å²) in [5.74, 6) is 0.934. The Morgan fingerprint density at radius 1 is 1.28 bits per heavy atom. The SMILES string of the molecule is Cc1nn(Cc2ccc(F)cc2)c(Cl)c1C(=O)NCC(O)COc1ccc2c(c1)OCO2. The molecule has 4 rings (SSSR count). The predicted molar refractivity (Wildman–Crippen MR) is 114 cm³/mol. The van der Waals surface area contributed by atoms with Gasteiger partial charge in [-0.25, -0.2) is 9.07 Å². The third-order valence-corrected chi connectivity index (χ3v) is 5.21. The van der Waals surface area contributed by atoms with Crippen LogP contribution in [-0.2, 0) is 6.54 Å². The molecule has 1 atom stereocenters. The van der Waals surface area contributed by atoms with E-state index in [1.807, 2.05) is 0 Å². The van der Waals surface area contributed by atoms with Crippen LogP contribution in [0.25, 0.3) is 0 Å². The fourth-order valence-corrected chi connectivity index (χ4v) is 3.52. The van der Waals surface area contributed by atoms with E-state index in [-0.39, 0.29) is 36.5 Å². The number of aliphatic hydroxyl groups excluding tert-OH is 1. The van der Waals surface area contributed by atoms with Crippen molar-refractivity contribution in [3.63, 3.8) is 0 Å². The molecule has 10 heteroatoms. The summed E-state index contributed by atoms with van der Waals surface area (Å²) in [6, 6.07) is 11.0. The number of carbonyl (C=O) groups is 1. The Labute approximate surface area is 188 Å². The van der Waals surface area contributed by atoms with Crippen molar-refractivity contribution in [2.45, 2.75) is 19.6 Å². The number of aliphatic hydroxyl groups is 1. The van der Waals surface area contributed by atoms with Gasteiger partial charge in [-0.05, 0) is 36.8 Å².